The summed E-state index contributed by atoms with van der Waals surface area (Å²) in [5.41, 5.74) is 4.88. The normalized spacial score (nSPS) is 21.7. The van der Waals surface area contributed by atoms with E-state index in [0.29, 0.717) is 44.3 Å². The first-order chi connectivity index (χ1) is 12.7. The molecule has 2 fully saturated rings. The predicted molar refractivity (Wildman–Crippen MR) is 104 cm³/mol. The molecule has 2 aliphatic rings. The van der Waals surface area contributed by atoms with Crippen LogP contribution in [-0.4, -0.2) is 62.9 Å². The van der Waals surface area contributed by atoms with Gasteiger partial charge in [0, 0.05) is 32.8 Å². The quantitative estimate of drug-likeness (QED) is 0.787. The Labute approximate surface area is 162 Å². The Bertz CT molecular complexity index is 820. The minimum absolute atomic E-state index is 0.0694. The molecule has 0 aliphatic carbocycles. The lowest BCUT2D eigenvalue weighted by Gasteiger charge is -2.36. The summed E-state index contributed by atoms with van der Waals surface area (Å²) in [5, 5.41) is 0. The van der Waals surface area contributed by atoms with E-state index in [1.54, 1.807) is 4.90 Å². The lowest BCUT2D eigenvalue weighted by atomic mass is 9.95. The third-order valence-electron chi connectivity index (χ3n) is 6.36. The van der Waals surface area contributed by atoms with Crippen molar-refractivity contribution in [3.05, 3.63) is 27.8 Å². The maximum Gasteiger partial charge on any atom is 0.243 e. The first-order valence-electron chi connectivity index (χ1n) is 9.60. The first kappa shape index (κ1) is 20.3. The molecule has 1 aromatic carbocycles. The summed E-state index contributed by atoms with van der Waals surface area (Å²) in [5.74, 6) is 0.0268. The molecule has 0 spiro atoms. The SMILES string of the molecule is Cc1c(C)c(C)c(S(=O)(=O)N2CCN(C(=O)C3CCOC3)CC2)c(C)c1C. The van der Waals surface area contributed by atoms with Crippen molar-refractivity contribution in [2.45, 2.75) is 45.9 Å². The van der Waals surface area contributed by atoms with E-state index in [4.69, 9.17) is 4.74 Å². The highest BCUT2D eigenvalue weighted by Gasteiger charge is 2.35. The van der Waals surface area contributed by atoms with Gasteiger partial charge in [0.25, 0.3) is 0 Å². The number of carbonyl (C=O) groups excluding carboxylic acids is 1. The van der Waals surface area contributed by atoms with E-state index in [1.807, 2.05) is 34.6 Å². The lowest BCUT2D eigenvalue weighted by molar-refractivity contribution is -0.136. The van der Waals surface area contributed by atoms with Crippen molar-refractivity contribution in [3.8, 4) is 0 Å². The zero-order chi connectivity index (χ0) is 19.9. The second-order valence-corrected chi connectivity index (χ2v) is 9.62. The Morgan fingerprint density at radius 3 is 1.89 bits per heavy atom. The van der Waals surface area contributed by atoms with Crippen molar-refractivity contribution in [2.24, 2.45) is 5.92 Å². The van der Waals surface area contributed by atoms with Crippen molar-refractivity contribution < 1.29 is 17.9 Å². The van der Waals surface area contributed by atoms with Gasteiger partial charge in [-0.3, -0.25) is 4.79 Å². The molecule has 1 aromatic rings. The molecule has 0 radical (unpaired) electrons. The van der Waals surface area contributed by atoms with Gasteiger partial charge in [0.15, 0.2) is 0 Å². The number of ether oxygens (including phenoxy) is 1. The van der Waals surface area contributed by atoms with Crippen LogP contribution in [0.5, 0.6) is 0 Å². The number of benzene rings is 1. The number of piperazine rings is 1. The fourth-order valence-electron chi connectivity index (χ4n) is 4.12. The monoisotopic (exact) mass is 394 g/mol. The van der Waals surface area contributed by atoms with Crippen LogP contribution in [0.1, 0.15) is 34.2 Å². The minimum atomic E-state index is -3.58. The molecule has 0 saturated carbocycles. The predicted octanol–water partition coefficient (Wildman–Crippen LogP) is 2.10. The summed E-state index contributed by atoms with van der Waals surface area (Å²) in [4.78, 5) is 14.8. The largest absolute Gasteiger partial charge is 0.381 e. The topological polar surface area (TPSA) is 66.9 Å². The third kappa shape index (κ3) is 3.52. The molecule has 6 nitrogen and oxygen atoms in total. The lowest BCUT2D eigenvalue weighted by Crippen LogP contribution is -2.52. The molecule has 2 heterocycles. The minimum Gasteiger partial charge on any atom is -0.381 e. The number of sulfonamides is 1. The standard InChI is InChI=1S/C20H30N2O4S/c1-13-14(2)16(4)19(17(5)15(13)3)27(24,25)22-9-7-21(8-10-22)20(23)18-6-11-26-12-18/h18H,6-12H2,1-5H3. The molecule has 150 valence electrons. The van der Waals surface area contributed by atoms with Crippen molar-refractivity contribution >= 4 is 15.9 Å². The molecule has 7 heteroatoms. The van der Waals surface area contributed by atoms with Gasteiger partial charge in [0.1, 0.15) is 0 Å². The van der Waals surface area contributed by atoms with Crippen LogP contribution in [0.3, 0.4) is 0 Å². The summed E-state index contributed by atoms with van der Waals surface area (Å²) in [6.07, 6.45) is 0.762. The fourth-order valence-corrected chi connectivity index (χ4v) is 6.10. The van der Waals surface area contributed by atoms with E-state index in [9.17, 15) is 13.2 Å². The van der Waals surface area contributed by atoms with Crippen LogP contribution < -0.4 is 0 Å². The van der Waals surface area contributed by atoms with E-state index in [2.05, 4.69) is 0 Å². The number of carbonyl (C=O) groups is 1. The highest BCUT2D eigenvalue weighted by molar-refractivity contribution is 7.89. The molecule has 27 heavy (non-hydrogen) atoms. The summed E-state index contributed by atoms with van der Waals surface area (Å²) >= 11 is 0. The molecule has 1 atom stereocenters. The van der Waals surface area contributed by atoms with Gasteiger partial charge in [0.05, 0.1) is 17.4 Å². The van der Waals surface area contributed by atoms with Gasteiger partial charge < -0.3 is 9.64 Å². The van der Waals surface area contributed by atoms with Crippen LogP contribution in [0.2, 0.25) is 0 Å². The zero-order valence-electron chi connectivity index (χ0n) is 17.0. The summed E-state index contributed by atoms with van der Waals surface area (Å²) in [7, 11) is -3.58. The van der Waals surface area contributed by atoms with Crippen LogP contribution in [0.15, 0.2) is 4.90 Å². The molecule has 1 unspecified atom stereocenters. The molecule has 1 amide bonds. The van der Waals surface area contributed by atoms with E-state index in [1.165, 1.54) is 4.31 Å². The number of nitrogens with zero attached hydrogens (tertiary/aromatic N) is 2. The van der Waals surface area contributed by atoms with Gasteiger partial charge >= 0.3 is 0 Å². The number of rotatable bonds is 3. The van der Waals surface area contributed by atoms with Crippen molar-refractivity contribution in [1.29, 1.82) is 0 Å². The van der Waals surface area contributed by atoms with Gasteiger partial charge in [0.2, 0.25) is 15.9 Å². The molecule has 3 rings (SSSR count). The third-order valence-corrected chi connectivity index (χ3v) is 8.53. The van der Waals surface area contributed by atoms with E-state index < -0.39 is 10.0 Å². The Morgan fingerprint density at radius 1 is 0.889 bits per heavy atom. The Morgan fingerprint density at radius 2 is 1.41 bits per heavy atom. The Balaban J connectivity index is 1.81. The van der Waals surface area contributed by atoms with Gasteiger partial charge in [-0.1, -0.05) is 0 Å². The van der Waals surface area contributed by atoms with Crippen LogP contribution in [-0.2, 0) is 19.6 Å². The summed E-state index contributed by atoms with van der Waals surface area (Å²) < 4.78 is 33.6. The van der Waals surface area contributed by atoms with E-state index in [0.717, 1.165) is 34.2 Å². The molecule has 2 saturated heterocycles. The summed E-state index contributed by atoms with van der Waals surface area (Å²) in [6.45, 7) is 12.5. The first-order valence-corrected chi connectivity index (χ1v) is 11.0. The van der Waals surface area contributed by atoms with E-state index >= 15 is 0 Å². The molecule has 0 N–H and O–H groups in total. The van der Waals surface area contributed by atoms with Gasteiger partial charge in [-0.05, 0) is 68.9 Å². The molecular weight excluding hydrogens is 364 g/mol. The highest BCUT2D eigenvalue weighted by Crippen LogP contribution is 2.32. The molecule has 0 bridgehead atoms. The van der Waals surface area contributed by atoms with Gasteiger partial charge in [-0.15, -0.1) is 0 Å². The van der Waals surface area contributed by atoms with Gasteiger partial charge in [-0.2, -0.15) is 4.31 Å². The number of hydrogen-bond acceptors (Lipinski definition) is 4. The van der Waals surface area contributed by atoms with Crippen LogP contribution >= 0.6 is 0 Å². The molecular formula is C20H30N2O4S. The van der Waals surface area contributed by atoms with Crippen molar-refractivity contribution in [3.63, 3.8) is 0 Å². The second-order valence-electron chi connectivity index (χ2n) is 7.74. The summed E-state index contributed by atoms with van der Waals surface area (Å²) in [6, 6.07) is 0. The Kier molecular flexibility index (Phi) is 5.66. The Hall–Kier alpha value is -1.44. The molecule has 2 aliphatic heterocycles. The highest BCUT2D eigenvalue weighted by atomic mass is 32.2. The van der Waals surface area contributed by atoms with Gasteiger partial charge in [-0.25, -0.2) is 8.42 Å². The van der Waals surface area contributed by atoms with Crippen LogP contribution in [0.25, 0.3) is 0 Å². The van der Waals surface area contributed by atoms with Crippen LogP contribution in [0.4, 0.5) is 0 Å². The average molecular weight is 395 g/mol. The van der Waals surface area contributed by atoms with E-state index in [-0.39, 0.29) is 11.8 Å². The molecule has 0 aromatic heterocycles. The number of hydrogen-bond donors (Lipinski definition) is 0. The second kappa shape index (κ2) is 7.53. The van der Waals surface area contributed by atoms with Crippen molar-refractivity contribution in [1.82, 2.24) is 9.21 Å². The number of amides is 1. The maximum absolute atomic E-state index is 13.4. The maximum atomic E-state index is 13.4. The van der Waals surface area contributed by atoms with Crippen molar-refractivity contribution in [2.75, 3.05) is 39.4 Å². The zero-order valence-corrected chi connectivity index (χ0v) is 17.8. The fraction of sp³-hybridized carbons (Fsp3) is 0.650. The smallest absolute Gasteiger partial charge is 0.243 e. The average Bonchev–Trinajstić information content (AvgIpc) is 3.19. The van der Waals surface area contributed by atoms with Crippen LogP contribution in [0, 0.1) is 40.5 Å².